The van der Waals surface area contributed by atoms with Crippen LogP contribution in [0.25, 0.3) is 0 Å². The van der Waals surface area contributed by atoms with Gasteiger partial charge in [0, 0.05) is 30.9 Å². The number of carbonyl (C=O) groups excluding carboxylic acids is 2. The largest absolute Gasteiger partial charge is 0.486 e. The average Bonchev–Trinajstić information content (AvgIpc) is 3.68. The molecule has 1 saturated carbocycles. The zero-order chi connectivity index (χ0) is 25.4. The fourth-order valence-corrected chi connectivity index (χ4v) is 5.82. The van der Waals surface area contributed by atoms with E-state index in [1.54, 1.807) is 10.3 Å². The number of thiazole rings is 1. The van der Waals surface area contributed by atoms with Crippen molar-refractivity contribution in [2.75, 3.05) is 32.8 Å². The SMILES string of the molecule is Cc1ccc([C@@H]2c3cc(OCc4nc(C(=O)N5CCOCC5)cs4)ccc3CCN2C(=O)C2CC2)cc1. The molecule has 37 heavy (non-hydrogen) atoms. The summed E-state index contributed by atoms with van der Waals surface area (Å²) >= 11 is 1.44. The summed E-state index contributed by atoms with van der Waals surface area (Å²) in [7, 11) is 0. The molecule has 192 valence electrons. The Bertz CT molecular complexity index is 1290. The molecule has 1 aromatic heterocycles. The minimum absolute atomic E-state index is 0.0547. The fourth-order valence-electron chi connectivity index (χ4n) is 5.14. The van der Waals surface area contributed by atoms with Crippen LogP contribution in [-0.4, -0.2) is 59.4 Å². The van der Waals surface area contributed by atoms with Gasteiger partial charge in [-0.25, -0.2) is 4.98 Å². The average molecular weight is 518 g/mol. The molecule has 3 heterocycles. The predicted molar refractivity (Wildman–Crippen MR) is 141 cm³/mol. The molecule has 2 aliphatic heterocycles. The lowest BCUT2D eigenvalue weighted by Crippen LogP contribution is -2.41. The third-order valence-electron chi connectivity index (χ3n) is 7.38. The molecule has 1 atom stereocenters. The number of aryl methyl sites for hydroxylation is 1. The molecule has 0 unspecified atom stereocenters. The first-order valence-corrected chi connectivity index (χ1v) is 13.9. The zero-order valence-corrected chi connectivity index (χ0v) is 21.8. The van der Waals surface area contributed by atoms with Crippen molar-refractivity contribution in [2.24, 2.45) is 5.92 Å². The maximum Gasteiger partial charge on any atom is 0.273 e. The van der Waals surface area contributed by atoms with Crippen LogP contribution in [0.2, 0.25) is 0 Å². The Morgan fingerprint density at radius 3 is 2.62 bits per heavy atom. The molecule has 7 nitrogen and oxygen atoms in total. The summed E-state index contributed by atoms with van der Waals surface area (Å²) in [5.41, 5.74) is 5.18. The maximum absolute atomic E-state index is 13.2. The minimum atomic E-state index is -0.112. The van der Waals surface area contributed by atoms with Crippen molar-refractivity contribution in [3.63, 3.8) is 0 Å². The molecule has 2 fully saturated rings. The van der Waals surface area contributed by atoms with Gasteiger partial charge in [0.15, 0.2) is 0 Å². The molecule has 1 aliphatic carbocycles. The van der Waals surface area contributed by atoms with Crippen LogP contribution in [0.1, 0.15) is 56.6 Å². The third-order valence-corrected chi connectivity index (χ3v) is 8.20. The van der Waals surface area contributed by atoms with Gasteiger partial charge in [-0.15, -0.1) is 11.3 Å². The maximum atomic E-state index is 13.2. The first-order valence-electron chi connectivity index (χ1n) is 13.0. The molecule has 0 radical (unpaired) electrons. The van der Waals surface area contributed by atoms with Crippen molar-refractivity contribution in [1.82, 2.24) is 14.8 Å². The van der Waals surface area contributed by atoms with Crippen molar-refractivity contribution in [1.29, 1.82) is 0 Å². The molecular weight excluding hydrogens is 486 g/mol. The van der Waals surface area contributed by atoms with E-state index in [1.807, 2.05) is 6.07 Å². The van der Waals surface area contributed by atoms with Gasteiger partial charge in [-0.3, -0.25) is 9.59 Å². The second kappa shape index (κ2) is 10.3. The van der Waals surface area contributed by atoms with E-state index in [0.29, 0.717) is 38.6 Å². The van der Waals surface area contributed by atoms with Crippen LogP contribution in [0.5, 0.6) is 5.75 Å². The van der Waals surface area contributed by atoms with E-state index < -0.39 is 0 Å². The quantitative estimate of drug-likeness (QED) is 0.485. The molecule has 0 bridgehead atoms. The first kappa shape index (κ1) is 24.1. The molecule has 2 amide bonds. The first-order chi connectivity index (χ1) is 18.1. The van der Waals surface area contributed by atoms with E-state index in [9.17, 15) is 9.59 Å². The summed E-state index contributed by atoms with van der Waals surface area (Å²) in [6.07, 6.45) is 2.83. The predicted octanol–water partition coefficient (Wildman–Crippen LogP) is 4.39. The lowest BCUT2D eigenvalue weighted by Gasteiger charge is -2.38. The van der Waals surface area contributed by atoms with Crippen LogP contribution in [-0.2, 0) is 22.6 Å². The Balaban J connectivity index is 1.21. The van der Waals surface area contributed by atoms with Gasteiger partial charge in [-0.05, 0) is 55.0 Å². The van der Waals surface area contributed by atoms with Gasteiger partial charge >= 0.3 is 0 Å². The third kappa shape index (κ3) is 5.13. The highest BCUT2D eigenvalue weighted by Gasteiger charge is 2.39. The van der Waals surface area contributed by atoms with E-state index in [4.69, 9.17) is 9.47 Å². The number of carbonyl (C=O) groups is 2. The second-order valence-corrected chi connectivity index (χ2v) is 11.0. The number of hydrogen-bond donors (Lipinski definition) is 0. The number of ether oxygens (including phenoxy) is 2. The summed E-state index contributed by atoms with van der Waals surface area (Å²) < 4.78 is 11.5. The van der Waals surface area contributed by atoms with Gasteiger partial charge in [-0.2, -0.15) is 0 Å². The van der Waals surface area contributed by atoms with Gasteiger partial charge < -0.3 is 19.3 Å². The van der Waals surface area contributed by atoms with Gasteiger partial charge in [0.25, 0.3) is 5.91 Å². The number of morpholine rings is 1. The van der Waals surface area contributed by atoms with Crippen LogP contribution in [0.4, 0.5) is 0 Å². The molecule has 8 heteroatoms. The van der Waals surface area contributed by atoms with Crippen molar-refractivity contribution in [3.8, 4) is 5.75 Å². The topological polar surface area (TPSA) is 72.0 Å². The molecule has 3 aromatic rings. The van der Waals surface area contributed by atoms with Crippen molar-refractivity contribution >= 4 is 23.2 Å². The van der Waals surface area contributed by atoms with Crippen LogP contribution >= 0.6 is 11.3 Å². The Morgan fingerprint density at radius 1 is 1.08 bits per heavy atom. The van der Waals surface area contributed by atoms with Crippen molar-refractivity contribution in [3.05, 3.63) is 80.8 Å². The summed E-state index contributed by atoms with van der Waals surface area (Å²) in [4.78, 5) is 34.3. The molecule has 0 N–H and O–H groups in total. The monoisotopic (exact) mass is 517 g/mol. The number of fused-ring (bicyclic) bond motifs is 1. The Kier molecular flexibility index (Phi) is 6.69. The van der Waals surface area contributed by atoms with E-state index in [0.717, 1.165) is 47.7 Å². The smallest absolute Gasteiger partial charge is 0.273 e. The number of aromatic nitrogens is 1. The molecule has 0 spiro atoms. The highest BCUT2D eigenvalue weighted by molar-refractivity contribution is 7.09. The molecule has 2 aromatic carbocycles. The van der Waals surface area contributed by atoms with E-state index in [1.165, 1.54) is 22.5 Å². The standard InChI is InChI=1S/C29H31N3O4S/c1-19-2-4-21(5-3-19)27-24-16-23(9-8-20(24)10-11-32(27)28(33)22-6-7-22)36-17-26-30-25(18-37-26)29(34)31-12-14-35-15-13-31/h2-5,8-9,16,18,22,27H,6-7,10-15,17H2,1H3/t27-/m1/s1. The Morgan fingerprint density at radius 2 is 1.86 bits per heavy atom. The Labute approximate surface area is 221 Å². The highest BCUT2D eigenvalue weighted by Crippen LogP contribution is 2.41. The number of benzene rings is 2. The van der Waals surface area contributed by atoms with Gasteiger partial charge in [0.1, 0.15) is 23.1 Å². The van der Waals surface area contributed by atoms with Crippen molar-refractivity contribution in [2.45, 2.75) is 38.8 Å². The minimum Gasteiger partial charge on any atom is -0.486 e. The molecule has 3 aliphatic rings. The number of amides is 2. The fraction of sp³-hybridized carbons (Fsp3) is 0.414. The summed E-state index contributed by atoms with van der Waals surface area (Å²) in [5.74, 6) is 1.13. The van der Waals surface area contributed by atoms with Gasteiger partial charge in [0.05, 0.1) is 19.3 Å². The Hall–Kier alpha value is -3.23. The van der Waals surface area contributed by atoms with Crippen LogP contribution in [0.3, 0.4) is 0 Å². The summed E-state index contributed by atoms with van der Waals surface area (Å²) in [6, 6.07) is 14.6. The summed E-state index contributed by atoms with van der Waals surface area (Å²) in [6.45, 7) is 5.43. The molecular formula is C29H31N3O4S. The van der Waals surface area contributed by atoms with Crippen LogP contribution in [0, 0.1) is 12.8 Å². The second-order valence-electron chi connectivity index (χ2n) is 10.0. The number of rotatable bonds is 6. The van der Waals surface area contributed by atoms with E-state index in [-0.39, 0.29) is 23.8 Å². The lowest BCUT2D eigenvalue weighted by molar-refractivity contribution is -0.134. The zero-order valence-electron chi connectivity index (χ0n) is 21.0. The van der Waals surface area contributed by atoms with E-state index in [2.05, 4.69) is 53.2 Å². The van der Waals surface area contributed by atoms with Crippen molar-refractivity contribution < 1.29 is 19.1 Å². The molecule has 1 saturated heterocycles. The normalized spacial score (nSPS) is 19.4. The highest BCUT2D eigenvalue weighted by atomic mass is 32.1. The van der Waals surface area contributed by atoms with Gasteiger partial charge in [0.2, 0.25) is 5.91 Å². The lowest BCUT2D eigenvalue weighted by atomic mass is 9.87. The summed E-state index contributed by atoms with van der Waals surface area (Å²) in [5, 5.41) is 2.56. The van der Waals surface area contributed by atoms with E-state index >= 15 is 0 Å². The van der Waals surface area contributed by atoms with Crippen LogP contribution in [0.15, 0.2) is 47.8 Å². The van der Waals surface area contributed by atoms with Gasteiger partial charge in [-0.1, -0.05) is 35.9 Å². The number of hydrogen-bond acceptors (Lipinski definition) is 6. The van der Waals surface area contributed by atoms with Crippen LogP contribution < -0.4 is 4.74 Å². The molecule has 6 rings (SSSR count). The number of nitrogens with zero attached hydrogens (tertiary/aromatic N) is 3.